The molecule has 3 rings (SSSR count). The third-order valence-corrected chi connectivity index (χ3v) is 4.28. The zero-order valence-electron chi connectivity index (χ0n) is 10.5. The minimum atomic E-state index is -0.177. The van der Waals surface area contributed by atoms with E-state index in [0.29, 0.717) is 11.4 Å². The fourth-order valence-corrected chi connectivity index (χ4v) is 3.10. The predicted molar refractivity (Wildman–Crippen MR) is 75.7 cm³/mol. The molecule has 0 spiro atoms. The van der Waals surface area contributed by atoms with E-state index in [9.17, 15) is 4.79 Å². The molecule has 1 aromatic carbocycles. The predicted octanol–water partition coefficient (Wildman–Crippen LogP) is 2.44. The Hall–Kier alpha value is -1.85. The van der Waals surface area contributed by atoms with Crippen molar-refractivity contribution in [1.82, 2.24) is 0 Å². The summed E-state index contributed by atoms with van der Waals surface area (Å²) in [6, 6.07) is 7.57. The number of nitrogens with two attached hydrogens (primary N) is 1. The number of carbonyl (C=O) groups excluding carboxylic acids is 1. The molecule has 1 unspecified atom stereocenters. The first kappa shape index (κ1) is 12.2. The van der Waals surface area contributed by atoms with E-state index in [4.69, 9.17) is 10.5 Å². The van der Waals surface area contributed by atoms with Gasteiger partial charge in [0, 0.05) is 4.88 Å². The number of hydrogen-bond acceptors (Lipinski definition) is 4. The van der Waals surface area contributed by atoms with E-state index in [1.54, 1.807) is 11.3 Å². The standard InChI is InChI=1S/C14H14N2O2S/c1-8-4-5-19-14(8)13(15)9-2-3-11-10(6-9)16-12(17)7-18-11/h2-6,13H,7,15H2,1H3,(H,16,17). The molecule has 0 fully saturated rings. The summed E-state index contributed by atoms with van der Waals surface area (Å²) in [5.41, 5.74) is 9.14. The molecule has 0 saturated carbocycles. The Bertz CT molecular complexity index is 636. The molecule has 1 amide bonds. The van der Waals surface area contributed by atoms with Gasteiger partial charge in [0.05, 0.1) is 11.7 Å². The van der Waals surface area contributed by atoms with E-state index >= 15 is 0 Å². The van der Waals surface area contributed by atoms with Gasteiger partial charge in [-0.3, -0.25) is 4.79 Å². The molecular formula is C14H14N2O2S. The Labute approximate surface area is 115 Å². The second-order valence-corrected chi connectivity index (χ2v) is 5.49. The molecule has 98 valence electrons. The molecule has 1 aliphatic rings. The third kappa shape index (κ3) is 2.22. The lowest BCUT2D eigenvalue weighted by Crippen LogP contribution is -2.25. The van der Waals surface area contributed by atoms with Gasteiger partial charge < -0.3 is 15.8 Å². The van der Waals surface area contributed by atoms with Gasteiger partial charge in [0.1, 0.15) is 5.75 Å². The van der Waals surface area contributed by atoms with E-state index in [-0.39, 0.29) is 18.6 Å². The van der Waals surface area contributed by atoms with Crippen molar-refractivity contribution < 1.29 is 9.53 Å². The number of ether oxygens (including phenoxy) is 1. The number of fused-ring (bicyclic) bond motifs is 1. The molecule has 2 heterocycles. The monoisotopic (exact) mass is 274 g/mol. The smallest absolute Gasteiger partial charge is 0.262 e. The molecule has 0 aliphatic carbocycles. The first-order valence-electron chi connectivity index (χ1n) is 6.01. The summed E-state index contributed by atoms with van der Waals surface area (Å²) < 4.78 is 5.33. The number of rotatable bonds is 2. The van der Waals surface area contributed by atoms with E-state index in [0.717, 1.165) is 10.4 Å². The van der Waals surface area contributed by atoms with Gasteiger partial charge in [-0.25, -0.2) is 0 Å². The van der Waals surface area contributed by atoms with Crippen molar-refractivity contribution >= 4 is 22.9 Å². The highest BCUT2D eigenvalue weighted by Crippen LogP contribution is 2.33. The van der Waals surface area contributed by atoms with Crippen molar-refractivity contribution in [3.05, 3.63) is 45.6 Å². The highest BCUT2D eigenvalue weighted by molar-refractivity contribution is 7.10. The van der Waals surface area contributed by atoms with Crippen LogP contribution in [0.15, 0.2) is 29.6 Å². The number of hydrogen-bond donors (Lipinski definition) is 2. The Balaban J connectivity index is 1.96. The zero-order valence-corrected chi connectivity index (χ0v) is 11.3. The molecule has 19 heavy (non-hydrogen) atoms. The maximum absolute atomic E-state index is 11.3. The van der Waals surface area contributed by atoms with E-state index in [2.05, 4.69) is 18.3 Å². The van der Waals surface area contributed by atoms with Crippen LogP contribution in [0.4, 0.5) is 5.69 Å². The van der Waals surface area contributed by atoms with Crippen LogP contribution in [-0.4, -0.2) is 12.5 Å². The summed E-state index contributed by atoms with van der Waals surface area (Å²) in [5, 5.41) is 4.83. The number of thiophene rings is 1. The van der Waals surface area contributed by atoms with Crippen molar-refractivity contribution in [3.8, 4) is 5.75 Å². The van der Waals surface area contributed by atoms with Crippen molar-refractivity contribution in [2.45, 2.75) is 13.0 Å². The fraction of sp³-hybridized carbons (Fsp3) is 0.214. The van der Waals surface area contributed by atoms with Crippen molar-refractivity contribution in [3.63, 3.8) is 0 Å². The van der Waals surface area contributed by atoms with Crippen molar-refractivity contribution in [2.24, 2.45) is 5.73 Å². The lowest BCUT2D eigenvalue weighted by molar-refractivity contribution is -0.118. The summed E-state index contributed by atoms with van der Waals surface area (Å²) in [6.07, 6.45) is 0. The topological polar surface area (TPSA) is 64.3 Å². The number of amides is 1. The largest absolute Gasteiger partial charge is 0.482 e. The van der Waals surface area contributed by atoms with Crippen LogP contribution in [0.5, 0.6) is 5.75 Å². The van der Waals surface area contributed by atoms with Gasteiger partial charge in [-0.15, -0.1) is 11.3 Å². The average molecular weight is 274 g/mol. The number of anilines is 1. The van der Waals surface area contributed by atoms with Crippen LogP contribution in [0.2, 0.25) is 0 Å². The minimum Gasteiger partial charge on any atom is -0.482 e. The van der Waals surface area contributed by atoms with Gasteiger partial charge in [-0.1, -0.05) is 6.07 Å². The first-order valence-corrected chi connectivity index (χ1v) is 6.89. The molecule has 0 radical (unpaired) electrons. The molecular weight excluding hydrogens is 260 g/mol. The van der Waals surface area contributed by atoms with Crippen LogP contribution < -0.4 is 15.8 Å². The molecule has 4 nitrogen and oxygen atoms in total. The second-order valence-electron chi connectivity index (χ2n) is 4.54. The van der Waals surface area contributed by atoms with Crippen LogP contribution in [0.1, 0.15) is 22.0 Å². The summed E-state index contributed by atoms with van der Waals surface area (Å²) in [4.78, 5) is 12.5. The van der Waals surface area contributed by atoms with Crippen LogP contribution >= 0.6 is 11.3 Å². The normalized spacial score (nSPS) is 15.4. The average Bonchev–Trinajstić information content (AvgIpc) is 2.83. The SMILES string of the molecule is Cc1ccsc1C(N)c1ccc2c(c1)NC(=O)CO2. The molecule has 0 saturated heterocycles. The quantitative estimate of drug-likeness (QED) is 0.884. The van der Waals surface area contributed by atoms with Crippen LogP contribution in [0.25, 0.3) is 0 Å². The Morgan fingerprint density at radius 1 is 1.42 bits per heavy atom. The van der Waals surface area contributed by atoms with Crippen LogP contribution in [-0.2, 0) is 4.79 Å². The lowest BCUT2D eigenvalue weighted by Gasteiger charge is -2.20. The van der Waals surface area contributed by atoms with E-state index in [1.165, 1.54) is 5.56 Å². The van der Waals surface area contributed by atoms with Gasteiger partial charge in [-0.2, -0.15) is 0 Å². The molecule has 2 aromatic rings. The van der Waals surface area contributed by atoms with Crippen molar-refractivity contribution in [1.29, 1.82) is 0 Å². The number of aryl methyl sites for hydroxylation is 1. The highest BCUT2D eigenvalue weighted by atomic mass is 32.1. The number of carbonyl (C=O) groups is 1. The Morgan fingerprint density at radius 2 is 2.26 bits per heavy atom. The fourth-order valence-electron chi connectivity index (χ4n) is 2.15. The molecule has 0 bridgehead atoms. The van der Waals surface area contributed by atoms with Gasteiger partial charge >= 0.3 is 0 Å². The molecule has 1 atom stereocenters. The van der Waals surface area contributed by atoms with E-state index < -0.39 is 0 Å². The maximum Gasteiger partial charge on any atom is 0.262 e. The molecule has 3 N–H and O–H groups in total. The van der Waals surface area contributed by atoms with Crippen molar-refractivity contribution in [2.75, 3.05) is 11.9 Å². The molecule has 1 aromatic heterocycles. The van der Waals surface area contributed by atoms with E-state index in [1.807, 2.05) is 23.6 Å². The second kappa shape index (κ2) is 4.68. The Morgan fingerprint density at radius 3 is 3.00 bits per heavy atom. The number of benzene rings is 1. The minimum absolute atomic E-state index is 0.0719. The van der Waals surface area contributed by atoms with Gasteiger partial charge in [0.2, 0.25) is 0 Å². The first-order chi connectivity index (χ1) is 9.15. The summed E-state index contributed by atoms with van der Waals surface area (Å²) >= 11 is 1.65. The highest BCUT2D eigenvalue weighted by Gasteiger charge is 2.19. The summed E-state index contributed by atoms with van der Waals surface area (Å²) in [6.45, 7) is 2.12. The summed E-state index contributed by atoms with van der Waals surface area (Å²) in [5.74, 6) is 0.559. The van der Waals surface area contributed by atoms with Gasteiger partial charge in [-0.05, 0) is 41.6 Å². The maximum atomic E-state index is 11.3. The van der Waals surface area contributed by atoms with Crippen LogP contribution in [0.3, 0.4) is 0 Å². The molecule has 1 aliphatic heterocycles. The Kier molecular flexibility index (Phi) is 3.00. The van der Waals surface area contributed by atoms with Crippen LogP contribution in [0, 0.1) is 6.92 Å². The van der Waals surface area contributed by atoms with Gasteiger partial charge in [0.25, 0.3) is 5.91 Å². The third-order valence-electron chi connectivity index (χ3n) is 3.18. The van der Waals surface area contributed by atoms with Gasteiger partial charge in [0.15, 0.2) is 6.61 Å². The zero-order chi connectivity index (χ0) is 13.4. The summed E-state index contributed by atoms with van der Waals surface area (Å²) in [7, 11) is 0. The lowest BCUT2D eigenvalue weighted by atomic mass is 10.0. The molecule has 5 heteroatoms. The number of nitrogens with one attached hydrogen (secondary N) is 1.